The Morgan fingerprint density at radius 2 is 2.00 bits per heavy atom. The number of aliphatic imine (C=N–C) groups is 1. The first-order valence-electron chi connectivity index (χ1n) is 10.9. The number of nitrogens with zero attached hydrogens (tertiary/aromatic N) is 4. The highest BCUT2D eigenvalue weighted by Gasteiger charge is 2.27. The summed E-state index contributed by atoms with van der Waals surface area (Å²) in [6.45, 7) is 5.37. The monoisotopic (exact) mass is 434 g/mol. The number of likely N-dealkylation sites (tertiary alicyclic amines) is 1. The van der Waals surface area contributed by atoms with Gasteiger partial charge in [-0.25, -0.2) is 9.98 Å². The van der Waals surface area contributed by atoms with Crippen molar-refractivity contribution in [1.29, 1.82) is 0 Å². The molecule has 8 nitrogen and oxygen atoms in total. The number of methoxy groups -OCH3 is 2. The van der Waals surface area contributed by atoms with E-state index in [9.17, 15) is 0 Å². The van der Waals surface area contributed by atoms with E-state index in [1.165, 1.54) is 11.9 Å². The molecule has 0 amide bonds. The normalized spacial score (nSPS) is 16.3. The molecule has 1 aliphatic heterocycles. The molecule has 168 valence electrons. The Morgan fingerprint density at radius 1 is 1.19 bits per heavy atom. The van der Waals surface area contributed by atoms with Crippen molar-refractivity contribution in [3.05, 3.63) is 59.9 Å². The summed E-state index contributed by atoms with van der Waals surface area (Å²) in [6.07, 6.45) is 2.58. The summed E-state index contributed by atoms with van der Waals surface area (Å²) in [5.74, 6) is 3.75. The molecule has 0 aliphatic carbocycles. The Hall–Kier alpha value is -3.55. The van der Waals surface area contributed by atoms with Crippen molar-refractivity contribution in [2.24, 2.45) is 4.99 Å². The van der Waals surface area contributed by atoms with Crippen molar-refractivity contribution in [2.75, 3.05) is 33.9 Å². The van der Waals surface area contributed by atoms with Gasteiger partial charge < -0.3 is 19.7 Å². The molecular weight excluding hydrogens is 404 g/mol. The van der Waals surface area contributed by atoms with Gasteiger partial charge in [0.25, 0.3) is 0 Å². The summed E-state index contributed by atoms with van der Waals surface area (Å²) in [6, 6.07) is 14.4. The fourth-order valence-electron chi connectivity index (χ4n) is 4.04. The lowest BCUT2D eigenvalue weighted by Gasteiger charge is -2.22. The van der Waals surface area contributed by atoms with E-state index in [1.807, 2.05) is 18.2 Å². The zero-order valence-electron chi connectivity index (χ0n) is 18.8. The second kappa shape index (κ2) is 10.2. The Labute approximate surface area is 188 Å². The molecule has 1 aliphatic rings. The van der Waals surface area contributed by atoms with Gasteiger partial charge in [-0.2, -0.15) is 5.10 Å². The third kappa shape index (κ3) is 5.01. The number of rotatable bonds is 7. The molecule has 1 saturated heterocycles. The van der Waals surface area contributed by atoms with Crippen LogP contribution in [0.3, 0.4) is 0 Å². The van der Waals surface area contributed by atoms with Crippen molar-refractivity contribution in [3.8, 4) is 22.9 Å². The van der Waals surface area contributed by atoms with Crippen LogP contribution in [0, 0.1) is 0 Å². The van der Waals surface area contributed by atoms with Gasteiger partial charge in [-0.1, -0.05) is 18.2 Å². The number of H-pyrrole nitrogens is 1. The van der Waals surface area contributed by atoms with Crippen molar-refractivity contribution >= 4 is 5.96 Å². The van der Waals surface area contributed by atoms with Crippen LogP contribution in [-0.4, -0.2) is 59.9 Å². The number of guanidine groups is 1. The van der Waals surface area contributed by atoms with E-state index < -0.39 is 0 Å². The molecule has 0 bridgehead atoms. The Balaban J connectivity index is 1.48. The van der Waals surface area contributed by atoms with Crippen LogP contribution in [0.4, 0.5) is 0 Å². The molecule has 1 aromatic heterocycles. The molecule has 0 radical (unpaired) electrons. The standard InChI is InChI=1S/C24H30N6O2/c1-4-25-24(26-14-17-6-5-7-18(10-17)23-27-16-28-29-23)30-9-8-19(15-30)20-11-21(31-2)13-22(12-20)32-3/h5-7,10-13,16,19H,4,8-9,14-15H2,1-3H3,(H,25,26)(H,27,28,29). The topological polar surface area (TPSA) is 87.7 Å². The predicted octanol–water partition coefficient (Wildman–Crippen LogP) is 3.44. The lowest BCUT2D eigenvalue weighted by atomic mass is 9.98. The highest BCUT2D eigenvalue weighted by Crippen LogP contribution is 2.33. The minimum Gasteiger partial charge on any atom is -0.497 e. The molecule has 2 N–H and O–H groups in total. The predicted molar refractivity (Wildman–Crippen MR) is 125 cm³/mol. The number of nitrogens with one attached hydrogen (secondary N) is 2. The molecule has 3 aromatic rings. The smallest absolute Gasteiger partial charge is 0.194 e. The zero-order valence-corrected chi connectivity index (χ0v) is 18.8. The summed E-state index contributed by atoms with van der Waals surface area (Å²) in [4.78, 5) is 11.5. The molecular formula is C24H30N6O2. The number of hydrogen-bond donors (Lipinski definition) is 2. The van der Waals surface area contributed by atoms with Gasteiger partial charge in [-0.05, 0) is 42.7 Å². The first-order valence-corrected chi connectivity index (χ1v) is 10.9. The minimum absolute atomic E-state index is 0.401. The molecule has 1 fully saturated rings. The maximum Gasteiger partial charge on any atom is 0.194 e. The van der Waals surface area contributed by atoms with Crippen LogP contribution in [0.2, 0.25) is 0 Å². The number of benzene rings is 2. The molecule has 0 spiro atoms. The van der Waals surface area contributed by atoms with Gasteiger partial charge in [0.1, 0.15) is 17.8 Å². The Kier molecular flexibility index (Phi) is 6.89. The van der Waals surface area contributed by atoms with E-state index in [1.54, 1.807) is 14.2 Å². The summed E-state index contributed by atoms with van der Waals surface area (Å²) < 4.78 is 10.9. The van der Waals surface area contributed by atoms with Gasteiger partial charge in [0.2, 0.25) is 0 Å². The van der Waals surface area contributed by atoms with Crippen molar-refractivity contribution in [1.82, 2.24) is 25.4 Å². The van der Waals surface area contributed by atoms with Gasteiger partial charge in [0, 0.05) is 37.2 Å². The van der Waals surface area contributed by atoms with E-state index in [0.29, 0.717) is 12.5 Å². The lowest BCUT2D eigenvalue weighted by molar-refractivity contribution is 0.392. The van der Waals surface area contributed by atoms with E-state index >= 15 is 0 Å². The number of hydrogen-bond acceptors (Lipinski definition) is 5. The molecule has 32 heavy (non-hydrogen) atoms. The third-order valence-corrected chi connectivity index (χ3v) is 5.69. The van der Waals surface area contributed by atoms with Gasteiger partial charge in [0.15, 0.2) is 11.8 Å². The average molecular weight is 435 g/mol. The molecule has 1 atom stereocenters. The SMILES string of the molecule is CCNC(=NCc1cccc(-c2ncn[nH]2)c1)N1CCC(c2cc(OC)cc(OC)c2)C1. The van der Waals surface area contributed by atoms with Gasteiger partial charge in [-0.15, -0.1) is 0 Å². The van der Waals surface area contributed by atoms with Crippen LogP contribution in [0.5, 0.6) is 11.5 Å². The minimum atomic E-state index is 0.401. The molecule has 2 heterocycles. The van der Waals surface area contributed by atoms with E-state index in [4.69, 9.17) is 14.5 Å². The van der Waals surface area contributed by atoms with Crippen LogP contribution in [0.25, 0.3) is 11.4 Å². The van der Waals surface area contributed by atoms with E-state index in [0.717, 1.165) is 60.5 Å². The summed E-state index contributed by atoms with van der Waals surface area (Å²) in [5.41, 5.74) is 3.37. The Bertz CT molecular complexity index is 1030. The van der Waals surface area contributed by atoms with Crippen LogP contribution in [0.1, 0.15) is 30.4 Å². The maximum atomic E-state index is 5.45. The summed E-state index contributed by atoms with van der Waals surface area (Å²) in [5, 5.41) is 10.3. The second-order valence-electron chi connectivity index (χ2n) is 7.78. The first kappa shape index (κ1) is 21.7. The second-order valence-corrected chi connectivity index (χ2v) is 7.78. The average Bonchev–Trinajstić information content (AvgIpc) is 3.54. The largest absolute Gasteiger partial charge is 0.497 e. The van der Waals surface area contributed by atoms with Crippen molar-refractivity contribution in [3.63, 3.8) is 0 Å². The van der Waals surface area contributed by atoms with Crippen LogP contribution < -0.4 is 14.8 Å². The number of aromatic amines is 1. The molecule has 1 unspecified atom stereocenters. The van der Waals surface area contributed by atoms with Gasteiger partial charge >= 0.3 is 0 Å². The Morgan fingerprint density at radius 3 is 2.69 bits per heavy atom. The van der Waals surface area contributed by atoms with E-state index in [-0.39, 0.29) is 0 Å². The summed E-state index contributed by atoms with van der Waals surface area (Å²) in [7, 11) is 3.37. The number of aromatic nitrogens is 3. The summed E-state index contributed by atoms with van der Waals surface area (Å²) >= 11 is 0. The molecule has 0 saturated carbocycles. The molecule has 2 aromatic carbocycles. The highest BCUT2D eigenvalue weighted by atomic mass is 16.5. The van der Waals surface area contributed by atoms with Crippen molar-refractivity contribution in [2.45, 2.75) is 25.8 Å². The quantitative estimate of drug-likeness (QED) is 0.438. The van der Waals surface area contributed by atoms with E-state index in [2.05, 4.69) is 56.6 Å². The highest BCUT2D eigenvalue weighted by molar-refractivity contribution is 5.80. The lowest BCUT2D eigenvalue weighted by Crippen LogP contribution is -2.40. The first-order chi connectivity index (χ1) is 15.7. The molecule has 4 rings (SSSR count). The third-order valence-electron chi connectivity index (χ3n) is 5.69. The fourth-order valence-corrected chi connectivity index (χ4v) is 4.04. The van der Waals surface area contributed by atoms with Gasteiger partial charge in [0.05, 0.1) is 20.8 Å². The van der Waals surface area contributed by atoms with Crippen molar-refractivity contribution < 1.29 is 9.47 Å². The van der Waals surface area contributed by atoms with Crippen LogP contribution in [0.15, 0.2) is 53.8 Å². The zero-order chi connectivity index (χ0) is 22.3. The maximum absolute atomic E-state index is 5.45. The number of ether oxygens (including phenoxy) is 2. The van der Waals surface area contributed by atoms with Gasteiger partial charge in [-0.3, -0.25) is 5.10 Å². The molecule has 8 heteroatoms. The van der Waals surface area contributed by atoms with Crippen LogP contribution >= 0.6 is 0 Å². The fraction of sp³-hybridized carbons (Fsp3) is 0.375. The van der Waals surface area contributed by atoms with Crippen LogP contribution in [-0.2, 0) is 6.54 Å².